The van der Waals surface area contributed by atoms with Crippen LogP contribution in [0.3, 0.4) is 0 Å². The molecule has 0 bridgehead atoms. The fourth-order valence-corrected chi connectivity index (χ4v) is 3.66. The molecule has 134 valence electrons. The predicted molar refractivity (Wildman–Crippen MR) is 97.9 cm³/mol. The fourth-order valence-electron chi connectivity index (χ4n) is 2.97. The molecule has 1 aromatic heterocycles. The van der Waals surface area contributed by atoms with Crippen molar-refractivity contribution in [3.63, 3.8) is 0 Å². The second-order valence-electron chi connectivity index (χ2n) is 5.85. The number of methoxy groups -OCH3 is 1. The number of anilines is 2. The molecule has 1 saturated heterocycles. The van der Waals surface area contributed by atoms with Crippen LogP contribution in [0.2, 0.25) is 0 Å². The van der Waals surface area contributed by atoms with Gasteiger partial charge in [-0.3, -0.25) is 4.79 Å². The van der Waals surface area contributed by atoms with Crippen molar-refractivity contribution in [2.45, 2.75) is 18.1 Å². The lowest BCUT2D eigenvalue weighted by molar-refractivity contribution is -0.130. The molecule has 1 aliphatic heterocycles. The van der Waals surface area contributed by atoms with Gasteiger partial charge in [0.1, 0.15) is 5.75 Å². The number of thioether (sulfide) groups is 1. The summed E-state index contributed by atoms with van der Waals surface area (Å²) < 4.78 is 5.45. The molecular formula is C16H22N6O2S. The second kappa shape index (κ2) is 7.64. The molecule has 0 spiro atoms. The van der Waals surface area contributed by atoms with E-state index in [0.717, 1.165) is 24.5 Å². The van der Waals surface area contributed by atoms with Crippen molar-refractivity contribution < 1.29 is 9.53 Å². The van der Waals surface area contributed by atoms with Crippen LogP contribution in [0.5, 0.6) is 5.75 Å². The van der Waals surface area contributed by atoms with Crippen LogP contribution >= 0.6 is 11.8 Å². The molecule has 2 aromatic rings. The molecular weight excluding hydrogens is 340 g/mol. The zero-order valence-corrected chi connectivity index (χ0v) is 15.1. The molecule has 1 fully saturated rings. The third-order valence-electron chi connectivity index (χ3n) is 4.18. The van der Waals surface area contributed by atoms with Crippen molar-refractivity contribution in [3.8, 4) is 5.75 Å². The minimum atomic E-state index is 0.0838. The Bertz CT molecular complexity index is 737. The van der Waals surface area contributed by atoms with Crippen LogP contribution in [-0.2, 0) is 4.79 Å². The number of rotatable bonds is 5. The van der Waals surface area contributed by atoms with Gasteiger partial charge in [0.25, 0.3) is 0 Å². The molecule has 0 saturated carbocycles. The maximum Gasteiger partial charge on any atom is 0.233 e. The largest absolute Gasteiger partial charge is 0.495 e. The fraction of sp³-hybridized carbons (Fsp3) is 0.438. The van der Waals surface area contributed by atoms with E-state index in [9.17, 15) is 4.79 Å². The standard InChI is InChI=1S/C16H22N6O2S/c1-11-9-21(12-5-3-4-6-13(12)24-2)7-8-22(11)14(23)10-25-16-18-15(17)19-20-16/h3-6,11H,7-10H2,1-2H3,(H3,17,18,19,20). The van der Waals surface area contributed by atoms with Crippen molar-refractivity contribution in [2.75, 3.05) is 43.1 Å². The molecule has 3 N–H and O–H groups in total. The first-order chi connectivity index (χ1) is 12.1. The van der Waals surface area contributed by atoms with E-state index in [1.807, 2.05) is 29.2 Å². The first-order valence-corrected chi connectivity index (χ1v) is 9.05. The Hall–Kier alpha value is -2.42. The SMILES string of the molecule is COc1ccccc1N1CCN(C(=O)CSc2n[nH]c(N)n2)C(C)C1. The summed E-state index contributed by atoms with van der Waals surface area (Å²) in [6, 6.07) is 8.07. The van der Waals surface area contributed by atoms with Crippen molar-refractivity contribution in [1.29, 1.82) is 0 Å². The summed E-state index contributed by atoms with van der Waals surface area (Å²) in [5.41, 5.74) is 6.55. The lowest BCUT2D eigenvalue weighted by Gasteiger charge is -2.41. The van der Waals surface area contributed by atoms with E-state index in [1.165, 1.54) is 11.8 Å². The van der Waals surface area contributed by atoms with Crippen LogP contribution in [0.4, 0.5) is 11.6 Å². The molecule has 25 heavy (non-hydrogen) atoms. The number of ether oxygens (including phenoxy) is 1. The maximum atomic E-state index is 12.5. The van der Waals surface area contributed by atoms with E-state index < -0.39 is 0 Å². The van der Waals surface area contributed by atoms with Crippen molar-refractivity contribution >= 4 is 29.3 Å². The first-order valence-electron chi connectivity index (χ1n) is 8.06. The Balaban J connectivity index is 1.58. The number of carbonyl (C=O) groups excluding carboxylic acids is 1. The van der Waals surface area contributed by atoms with Gasteiger partial charge in [0.15, 0.2) is 0 Å². The molecule has 1 aromatic carbocycles. The maximum absolute atomic E-state index is 12.5. The normalized spacial score (nSPS) is 17.6. The molecule has 1 atom stereocenters. The number of hydrogen-bond donors (Lipinski definition) is 2. The van der Waals surface area contributed by atoms with Gasteiger partial charge in [-0.25, -0.2) is 5.10 Å². The quantitative estimate of drug-likeness (QED) is 0.772. The lowest BCUT2D eigenvalue weighted by Crippen LogP contribution is -2.54. The predicted octanol–water partition coefficient (Wildman–Crippen LogP) is 1.22. The van der Waals surface area contributed by atoms with Gasteiger partial charge in [0.05, 0.1) is 18.6 Å². The highest BCUT2D eigenvalue weighted by Gasteiger charge is 2.28. The Labute approximate surface area is 150 Å². The number of aromatic nitrogens is 3. The number of carbonyl (C=O) groups is 1. The molecule has 3 rings (SSSR count). The van der Waals surface area contributed by atoms with Gasteiger partial charge in [-0.05, 0) is 19.1 Å². The van der Waals surface area contributed by atoms with Gasteiger partial charge < -0.3 is 20.3 Å². The highest BCUT2D eigenvalue weighted by atomic mass is 32.2. The summed E-state index contributed by atoms with van der Waals surface area (Å²) in [5, 5.41) is 6.99. The van der Waals surface area contributed by atoms with Crippen LogP contribution in [-0.4, -0.2) is 64.5 Å². The average Bonchev–Trinajstić information content (AvgIpc) is 3.05. The molecule has 0 radical (unpaired) electrons. The van der Waals surface area contributed by atoms with Gasteiger partial charge in [-0.2, -0.15) is 4.98 Å². The monoisotopic (exact) mass is 362 g/mol. The van der Waals surface area contributed by atoms with Crippen LogP contribution in [0, 0.1) is 0 Å². The van der Waals surface area contributed by atoms with Gasteiger partial charge in [0.2, 0.25) is 17.0 Å². The van der Waals surface area contributed by atoms with Crippen molar-refractivity contribution in [3.05, 3.63) is 24.3 Å². The molecule has 1 aliphatic rings. The first kappa shape index (κ1) is 17.4. The molecule has 2 heterocycles. The second-order valence-corrected chi connectivity index (χ2v) is 6.79. The number of benzene rings is 1. The van der Waals surface area contributed by atoms with E-state index in [0.29, 0.717) is 17.5 Å². The highest BCUT2D eigenvalue weighted by molar-refractivity contribution is 7.99. The number of nitrogens with two attached hydrogens (primary N) is 1. The number of H-pyrrole nitrogens is 1. The topological polar surface area (TPSA) is 100 Å². The Kier molecular flexibility index (Phi) is 5.32. The van der Waals surface area contributed by atoms with Crippen LogP contribution in [0.25, 0.3) is 0 Å². The number of para-hydroxylation sites is 2. The molecule has 8 nitrogen and oxygen atoms in total. The smallest absolute Gasteiger partial charge is 0.233 e. The Morgan fingerprint density at radius 1 is 1.44 bits per heavy atom. The number of aromatic amines is 1. The van der Waals surface area contributed by atoms with Gasteiger partial charge in [-0.1, -0.05) is 23.9 Å². The van der Waals surface area contributed by atoms with Crippen LogP contribution in [0.1, 0.15) is 6.92 Å². The van der Waals surface area contributed by atoms with E-state index in [-0.39, 0.29) is 17.9 Å². The minimum Gasteiger partial charge on any atom is -0.495 e. The molecule has 1 unspecified atom stereocenters. The van der Waals surface area contributed by atoms with Crippen LogP contribution in [0.15, 0.2) is 29.4 Å². The summed E-state index contributed by atoms with van der Waals surface area (Å²) in [7, 11) is 1.68. The lowest BCUT2D eigenvalue weighted by atomic mass is 10.1. The number of amides is 1. The van der Waals surface area contributed by atoms with E-state index in [2.05, 4.69) is 27.0 Å². The number of hydrogen-bond acceptors (Lipinski definition) is 7. The summed E-state index contributed by atoms with van der Waals surface area (Å²) in [5.74, 6) is 1.50. The summed E-state index contributed by atoms with van der Waals surface area (Å²) in [6.45, 7) is 4.28. The van der Waals surface area contributed by atoms with Gasteiger partial charge in [0, 0.05) is 25.7 Å². The summed E-state index contributed by atoms with van der Waals surface area (Å²) in [4.78, 5) is 20.7. The highest BCUT2D eigenvalue weighted by Crippen LogP contribution is 2.29. The molecule has 9 heteroatoms. The van der Waals surface area contributed by atoms with Crippen molar-refractivity contribution in [1.82, 2.24) is 20.1 Å². The third-order valence-corrected chi connectivity index (χ3v) is 5.01. The third kappa shape index (κ3) is 3.98. The van der Waals surface area contributed by atoms with E-state index in [4.69, 9.17) is 10.5 Å². The number of nitrogens with zero attached hydrogens (tertiary/aromatic N) is 4. The Morgan fingerprint density at radius 3 is 2.92 bits per heavy atom. The molecule has 0 aliphatic carbocycles. The zero-order chi connectivity index (χ0) is 17.8. The van der Waals surface area contributed by atoms with Crippen LogP contribution < -0.4 is 15.4 Å². The number of piperazine rings is 1. The number of nitrogen functional groups attached to an aromatic ring is 1. The molecule has 1 amide bonds. The average molecular weight is 362 g/mol. The minimum absolute atomic E-state index is 0.0838. The van der Waals surface area contributed by atoms with Gasteiger partial charge >= 0.3 is 0 Å². The Morgan fingerprint density at radius 2 is 2.24 bits per heavy atom. The van der Waals surface area contributed by atoms with Gasteiger partial charge in [-0.15, -0.1) is 5.10 Å². The zero-order valence-electron chi connectivity index (χ0n) is 14.3. The summed E-state index contributed by atoms with van der Waals surface area (Å²) in [6.07, 6.45) is 0. The summed E-state index contributed by atoms with van der Waals surface area (Å²) >= 11 is 1.29. The van der Waals surface area contributed by atoms with E-state index >= 15 is 0 Å². The number of nitrogens with one attached hydrogen (secondary N) is 1. The van der Waals surface area contributed by atoms with Crippen molar-refractivity contribution in [2.24, 2.45) is 0 Å². The van der Waals surface area contributed by atoms with E-state index in [1.54, 1.807) is 7.11 Å².